The van der Waals surface area contributed by atoms with Gasteiger partial charge in [0.25, 0.3) is 5.91 Å². The van der Waals surface area contributed by atoms with E-state index < -0.39 is 17.9 Å². The minimum Gasteiger partial charge on any atom is -0.381 e. The summed E-state index contributed by atoms with van der Waals surface area (Å²) in [6.07, 6.45) is -0.930. The van der Waals surface area contributed by atoms with E-state index in [0.29, 0.717) is 22.0 Å². The minimum atomic E-state index is -0.930. The summed E-state index contributed by atoms with van der Waals surface area (Å²) >= 11 is 6.22. The number of anilines is 1. The van der Waals surface area contributed by atoms with Crippen molar-refractivity contribution in [1.82, 2.24) is 0 Å². The van der Waals surface area contributed by atoms with Crippen LogP contribution in [0.5, 0.6) is 0 Å². The van der Waals surface area contributed by atoms with Gasteiger partial charge in [0, 0.05) is 10.6 Å². The van der Waals surface area contributed by atoms with Gasteiger partial charge in [-0.25, -0.2) is 4.90 Å². The molecule has 5 nitrogen and oxygen atoms in total. The normalized spacial score (nSPS) is 22.0. The molecule has 2 atom stereocenters. The summed E-state index contributed by atoms with van der Waals surface area (Å²) in [5, 5.41) is 4.44. The highest BCUT2D eigenvalue weighted by Gasteiger charge is 2.56. The molecule has 2 aliphatic heterocycles. The molecule has 6 heteroatoms. The molecule has 0 saturated carbocycles. The van der Waals surface area contributed by atoms with Crippen LogP contribution in [-0.4, -0.2) is 23.6 Å². The van der Waals surface area contributed by atoms with Gasteiger partial charge in [0.15, 0.2) is 0 Å². The zero-order valence-electron chi connectivity index (χ0n) is 13.7. The summed E-state index contributed by atoms with van der Waals surface area (Å²) in [6.45, 7) is 3.92. The van der Waals surface area contributed by atoms with E-state index in [2.05, 4.69) is 5.16 Å². The van der Waals surface area contributed by atoms with Crippen molar-refractivity contribution >= 4 is 34.8 Å². The van der Waals surface area contributed by atoms with Crippen LogP contribution < -0.4 is 4.90 Å². The molecule has 25 heavy (non-hydrogen) atoms. The number of amides is 2. The zero-order valence-corrected chi connectivity index (χ0v) is 14.4. The predicted octanol–water partition coefficient (Wildman–Crippen LogP) is 3.25. The summed E-state index contributed by atoms with van der Waals surface area (Å²) in [5.41, 5.74) is 3.67. The quantitative estimate of drug-likeness (QED) is 0.778. The Morgan fingerprint density at radius 2 is 1.80 bits per heavy atom. The lowest BCUT2D eigenvalue weighted by Crippen LogP contribution is -2.33. The molecule has 0 unspecified atom stereocenters. The number of fused-ring (bicyclic) bond motifs is 1. The molecule has 2 aromatic rings. The summed E-state index contributed by atoms with van der Waals surface area (Å²) in [4.78, 5) is 32.2. The number of imide groups is 1. The van der Waals surface area contributed by atoms with E-state index in [9.17, 15) is 9.59 Å². The average molecular weight is 355 g/mol. The highest BCUT2D eigenvalue weighted by molar-refractivity contribution is 6.38. The Bertz CT molecular complexity index is 938. The van der Waals surface area contributed by atoms with E-state index in [1.165, 1.54) is 4.90 Å². The van der Waals surface area contributed by atoms with Gasteiger partial charge in [-0.05, 0) is 43.2 Å². The molecule has 0 aromatic heterocycles. The van der Waals surface area contributed by atoms with Crippen molar-refractivity contribution < 1.29 is 14.4 Å². The standard InChI is InChI=1S/C19H15ClN2O3/c1-10-7-8-12(9-11(10)2)22-18(23)15-16(21-25-17(15)19(22)24)13-5-3-4-6-14(13)20/h3-9,15,17H,1-2H3/t15-,17+/m0/s1. The lowest BCUT2D eigenvalue weighted by molar-refractivity contribution is -0.126. The second-order valence-corrected chi connectivity index (χ2v) is 6.65. The number of hydrogen-bond donors (Lipinski definition) is 0. The first-order chi connectivity index (χ1) is 12.0. The van der Waals surface area contributed by atoms with Gasteiger partial charge in [0.2, 0.25) is 12.0 Å². The van der Waals surface area contributed by atoms with Crippen molar-refractivity contribution in [3.63, 3.8) is 0 Å². The maximum Gasteiger partial charge on any atom is 0.278 e. The Balaban J connectivity index is 1.74. The molecule has 0 radical (unpaired) electrons. The number of rotatable bonds is 2. The second-order valence-electron chi connectivity index (χ2n) is 6.24. The van der Waals surface area contributed by atoms with Crippen LogP contribution in [0.15, 0.2) is 47.6 Å². The van der Waals surface area contributed by atoms with Crippen LogP contribution in [0.25, 0.3) is 0 Å². The van der Waals surface area contributed by atoms with Crippen LogP contribution >= 0.6 is 11.6 Å². The second kappa shape index (κ2) is 5.70. The van der Waals surface area contributed by atoms with Crippen molar-refractivity contribution in [3.05, 3.63) is 64.2 Å². The smallest absolute Gasteiger partial charge is 0.278 e. The van der Waals surface area contributed by atoms with Crippen LogP contribution in [0, 0.1) is 19.8 Å². The number of benzene rings is 2. The molecule has 2 aromatic carbocycles. The number of hydrogen-bond acceptors (Lipinski definition) is 4. The number of halogens is 1. The van der Waals surface area contributed by atoms with Crippen LogP contribution in [-0.2, 0) is 14.4 Å². The molecule has 0 spiro atoms. The van der Waals surface area contributed by atoms with Gasteiger partial charge >= 0.3 is 0 Å². The monoisotopic (exact) mass is 354 g/mol. The molecule has 1 saturated heterocycles. The van der Waals surface area contributed by atoms with Crippen molar-refractivity contribution in [2.24, 2.45) is 11.1 Å². The van der Waals surface area contributed by atoms with E-state index >= 15 is 0 Å². The van der Waals surface area contributed by atoms with E-state index in [-0.39, 0.29) is 5.91 Å². The van der Waals surface area contributed by atoms with Gasteiger partial charge in [0.1, 0.15) is 11.6 Å². The SMILES string of the molecule is Cc1ccc(N2C(=O)[C@H]3C(c4ccccc4Cl)=NO[C@H]3C2=O)cc1C. The average Bonchev–Trinajstić information content (AvgIpc) is 3.12. The molecule has 2 amide bonds. The van der Waals surface area contributed by atoms with Crippen molar-refractivity contribution in [3.8, 4) is 0 Å². The lowest BCUT2D eigenvalue weighted by Gasteiger charge is -2.16. The number of oxime groups is 1. The topological polar surface area (TPSA) is 59.0 Å². The summed E-state index contributed by atoms with van der Waals surface area (Å²) in [5.74, 6) is -1.51. The molecular formula is C19H15ClN2O3. The third kappa shape index (κ3) is 2.35. The van der Waals surface area contributed by atoms with Crippen LogP contribution in [0.1, 0.15) is 16.7 Å². The zero-order chi connectivity index (χ0) is 17.7. The van der Waals surface area contributed by atoms with Gasteiger partial charge in [-0.3, -0.25) is 9.59 Å². The first kappa shape index (κ1) is 15.8. The Kier molecular flexibility index (Phi) is 3.62. The Morgan fingerprint density at radius 1 is 1.04 bits per heavy atom. The highest BCUT2D eigenvalue weighted by atomic mass is 35.5. The van der Waals surface area contributed by atoms with Gasteiger partial charge < -0.3 is 4.84 Å². The van der Waals surface area contributed by atoms with Gasteiger partial charge in [-0.2, -0.15) is 0 Å². The fourth-order valence-electron chi connectivity index (χ4n) is 3.19. The maximum absolute atomic E-state index is 13.0. The maximum atomic E-state index is 13.0. The van der Waals surface area contributed by atoms with Crippen molar-refractivity contribution in [1.29, 1.82) is 0 Å². The molecule has 2 aliphatic rings. The highest BCUT2D eigenvalue weighted by Crippen LogP contribution is 2.36. The molecule has 1 fully saturated rings. The summed E-state index contributed by atoms with van der Waals surface area (Å²) < 4.78 is 0. The third-order valence-electron chi connectivity index (χ3n) is 4.71. The fraction of sp³-hybridized carbons (Fsp3) is 0.211. The summed E-state index contributed by atoms with van der Waals surface area (Å²) in [6, 6.07) is 12.6. The van der Waals surface area contributed by atoms with Gasteiger partial charge in [-0.15, -0.1) is 0 Å². The Morgan fingerprint density at radius 3 is 2.52 bits per heavy atom. The lowest BCUT2D eigenvalue weighted by atomic mass is 9.94. The van der Waals surface area contributed by atoms with E-state index in [1.807, 2.05) is 26.0 Å². The number of carbonyl (C=O) groups excluding carboxylic acids is 2. The first-order valence-electron chi connectivity index (χ1n) is 7.92. The Hall–Kier alpha value is -2.66. The van der Waals surface area contributed by atoms with E-state index in [4.69, 9.17) is 16.4 Å². The largest absolute Gasteiger partial charge is 0.381 e. The fourth-order valence-corrected chi connectivity index (χ4v) is 3.42. The van der Waals surface area contributed by atoms with Crippen LogP contribution in [0.3, 0.4) is 0 Å². The van der Waals surface area contributed by atoms with Crippen LogP contribution in [0.4, 0.5) is 5.69 Å². The van der Waals surface area contributed by atoms with Gasteiger partial charge in [0.05, 0.1) is 5.69 Å². The van der Waals surface area contributed by atoms with E-state index in [1.54, 1.807) is 30.3 Å². The van der Waals surface area contributed by atoms with Crippen LogP contribution in [0.2, 0.25) is 5.02 Å². The predicted molar refractivity (Wildman–Crippen MR) is 94.8 cm³/mol. The molecular weight excluding hydrogens is 340 g/mol. The van der Waals surface area contributed by atoms with E-state index in [0.717, 1.165) is 11.1 Å². The minimum absolute atomic E-state index is 0.338. The number of nitrogens with zero attached hydrogens (tertiary/aromatic N) is 2. The van der Waals surface area contributed by atoms with Crippen molar-refractivity contribution in [2.75, 3.05) is 4.90 Å². The molecule has 4 rings (SSSR count). The molecule has 2 heterocycles. The summed E-state index contributed by atoms with van der Waals surface area (Å²) in [7, 11) is 0. The van der Waals surface area contributed by atoms with Gasteiger partial charge in [-0.1, -0.05) is 41.0 Å². The number of aryl methyl sites for hydroxylation is 2. The van der Waals surface area contributed by atoms with Crippen molar-refractivity contribution in [2.45, 2.75) is 20.0 Å². The number of carbonyl (C=O) groups is 2. The molecule has 0 bridgehead atoms. The third-order valence-corrected chi connectivity index (χ3v) is 5.04. The molecule has 126 valence electrons. The molecule has 0 aliphatic carbocycles. The Labute approximate surface area is 149 Å². The molecule has 0 N–H and O–H groups in total. The first-order valence-corrected chi connectivity index (χ1v) is 8.30.